The quantitative estimate of drug-likeness (QED) is 0.302. The molecule has 1 aliphatic heterocycles. The Morgan fingerprint density at radius 3 is 2.50 bits per heavy atom. The summed E-state index contributed by atoms with van der Waals surface area (Å²) in [7, 11) is 0. The van der Waals surface area contributed by atoms with Gasteiger partial charge in [0.1, 0.15) is 12.4 Å². The molecule has 4 nitrogen and oxygen atoms in total. The van der Waals surface area contributed by atoms with E-state index in [0.29, 0.717) is 11.5 Å². The van der Waals surface area contributed by atoms with E-state index in [2.05, 4.69) is 60.0 Å². The number of rotatable bonds is 7. The van der Waals surface area contributed by atoms with Crippen LogP contribution in [0.5, 0.6) is 5.75 Å². The molecule has 0 aromatic heterocycles. The highest BCUT2D eigenvalue weighted by Gasteiger charge is 2.27. The van der Waals surface area contributed by atoms with E-state index in [9.17, 15) is 4.79 Å². The number of hydrogen-bond donors (Lipinski definition) is 2. The Morgan fingerprint density at radius 1 is 0.941 bits per heavy atom. The fraction of sp³-hybridized carbons (Fsp3) is 0.138. The van der Waals surface area contributed by atoms with Crippen LogP contribution in [0.2, 0.25) is 0 Å². The lowest BCUT2D eigenvalue weighted by atomic mass is 10.1. The van der Waals surface area contributed by atoms with E-state index in [-0.39, 0.29) is 11.4 Å². The topological polar surface area (TPSA) is 50.4 Å². The van der Waals surface area contributed by atoms with Gasteiger partial charge in [-0.15, -0.1) is 0 Å². The van der Waals surface area contributed by atoms with Gasteiger partial charge in [-0.1, -0.05) is 85.4 Å². The molecule has 0 radical (unpaired) electrons. The number of ether oxygens (including phenoxy) is 1. The molecule has 0 spiro atoms. The van der Waals surface area contributed by atoms with Crippen molar-refractivity contribution in [3.05, 3.63) is 113 Å². The van der Waals surface area contributed by atoms with Crippen LogP contribution < -0.4 is 15.4 Å². The van der Waals surface area contributed by atoms with E-state index >= 15 is 0 Å². The van der Waals surface area contributed by atoms with Crippen molar-refractivity contribution in [2.45, 2.75) is 25.4 Å². The van der Waals surface area contributed by atoms with Crippen LogP contribution in [-0.2, 0) is 17.8 Å². The minimum Gasteiger partial charge on any atom is -0.489 e. The summed E-state index contributed by atoms with van der Waals surface area (Å²) in [6.07, 6.45) is 2.92. The van der Waals surface area contributed by atoms with Crippen LogP contribution in [0.15, 0.2) is 95.9 Å². The molecule has 5 heteroatoms. The minimum absolute atomic E-state index is 0.0658. The Balaban J connectivity index is 1.21. The lowest BCUT2D eigenvalue weighted by molar-refractivity contribution is -0.116. The number of nitrogens with one attached hydrogen (secondary N) is 2. The van der Waals surface area contributed by atoms with Crippen LogP contribution in [0.25, 0.3) is 16.8 Å². The van der Waals surface area contributed by atoms with Crippen molar-refractivity contribution in [3.63, 3.8) is 0 Å². The molecule has 0 aliphatic carbocycles. The summed E-state index contributed by atoms with van der Waals surface area (Å²) >= 11 is 1.49. The molecule has 0 bridgehead atoms. The molecular weight excluding hydrogens is 440 g/mol. The van der Waals surface area contributed by atoms with Crippen LogP contribution in [0, 0.1) is 0 Å². The van der Waals surface area contributed by atoms with Crippen molar-refractivity contribution in [3.8, 4) is 5.75 Å². The third kappa shape index (κ3) is 5.10. The number of benzene rings is 4. The van der Waals surface area contributed by atoms with Crippen molar-refractivity contribution < 1.29 is 9.53 Å². The van der Waals surface area contributed by atoms with Gasteiger partial charge in [-0.2, -0.15) is 0 Å². The molecule has 2 N–H and O–H groups in total. The van der Waals surface area contributed by atoms with E-state index < -0.39 is 0 Å². The largest absolute Gasteiger partial charge is 0.489 e. The fourth-order valence-electron chi connectivity index (χ4n) is 3.94. The summed E-state index contributed by atoms with van der Waals surface area (Å²) in [6.45, 7) is 2.64. The maximum atomic E-state index is 12.4. The molecule has 1 amide bonds. The van der Waals surface area contributed by atoms with Crippen molar-refractivity contribution in [2.24, 2.45) is 0 Å². The van der Waals surface area contributed by atoms with E-state index in [1.807, 2.05) is 54.6 Å². The molecular formula is C29H26N2O2S. The van der Waals surface area contributed by atoms with E-state index in [4.69, 9.17) is 4.74 Å². The van der Waals surface area contributed by atoms with Crippen molar-refractivity contribution in [1.82, 2.24) is 5.32 Å². The fourth-order valence-corrected chi connectivity index (χ4v) is 4.93. The first kappa shape index (κ1) is 22.1. The Bertz CT molecular complexity index is 1330. The van der Waals surface area contributed by atoms with E-state index in [0.717, 1.165) is 29.0 Å². The summed E-state index contributed by atoms with van der Waals surface area (Å²) < 4.78 is 6.03. The molecule has 4 aromatic carbocycles. The summed E-state index contributed by atoms with van der Waals surface area (Å²) in [4.78, 5) is 13.1. The first-order chi connectivity index (χ1) is 16.7. The summed E-state index contributed by atoms with van der Waals surface area (Å²) in [5.74, 6) is 0.734. The number of fused-ring (bicyclic) bond motifs is 1. The molecule has 1 heterocycles. The number of amides is 1. The number of anilines is 1. The van der Waals surface area contributed by atoms with Crippen molar-refractivity contribution in [1.29, 1.82) is 0 Å². The second kappa shape index (κ2) is 10.1. The first-order valence-electron chi connectivity index (χ1n) is 11.4. The molecule has 4 aromatic rings. The van der Waals surface area contributed by atoms with Gasteiger partial charge >= 0.3 is 0 Å². The molecule has 1 atom stereocenters. The van der Waals surface area contributed by atoms with E-state index in [1.165, 1.54) is 28.1 Å². The molecule has 0 unspecified atom stereocenters. The predicted octanol–water partition coefficient (Wildman–Crippen LogP) is 6.58. The molecule has 0 saturated carbocycles. The first-order valence-corrected chi connectivity index (χ1v) is 12.3. The summed E-state index contributed by atoms with van der Waals surface area (Å²) in [6, 6.07) is 30.7. The predicted molar refractivity (Wildman–Crippen MR) is 142 cm³/mol. The highest BCUT2D eigenvalue weighted by molar-refractivity contribution is 8.05. The van der Waals surface area contributed by atoms with Crippen LogP contribution in [0.3, 0.4) is 0 Å². The maximum absolute atomic E-state index is 12.4. The lowest BCUT2D eigenvalue weighted by Crippen LogP contribution is -2.30. The average molecular weight is 467 g/mol. The third-order valence-corrected chi connectivity index (χ3v) is 6.87. The SMILES string of the molecule is CCc1ccc(N[C@@H]2NC(=O)/C(=C/c3ccc(OCc4cccc5ccccc45)cc3)S2)cc1. The van der Waals surface area contributed by atoms with Crippen LogP contribution >= 0.6 is 11.8 Å². The van der Waals surface area contributed by atoms with Crippen molar-refractivity contribution in [2.75, 3.05) is 5.32 Å². The Labute approximate surface area is 204 Å². The number of thioether (sulfide) groups is 1. The van der Waals surface area contributed by atoms with Gasteiger partial charge in [0.15, 0.2) is 5.50 Å². The molecule has 5 rings (SSSR count). The highest BCUT2D eigenvalue weighted by Crippen LogP contribution is 2.30. The Kier molecular flexibility index (Phi) is 6.54. The van der Waals surface area contributed by atoms with Gasteiger partial charge < -0.3 is 15.4 Å². The average Bonchev–Trinajstić information content (AvgIpc) is 3.22. The zero-order valence-electron chi connectivity index (χ0n) is 19.0. The van der Waals surface area contributed by atoms with Gasteiger partial charge in [-0.3, -0.25) is 4.79 Å². The minimum atomic E-state index is -0.186. The van der Waals surface area contributed by atoms with Gasteiger partial charge in [0.2, 0.25) is 0 Å². The monoisotopic (exact) mass is 466 g/mol. The van der Waals surface area contributed by atoms with E-state index in [1.54, 1.807) is 0 Å². The summed E-state index contributed by atoms with van der Waals surface area (Å²) in [5, 5.41) is 8.77. The molecule has 1 aliphatic rings. The lowest BCUT2D eigenvalue weighted by Gasteiger charge is -2.12. The number of carbonyl (C=O) groups is 1. The molecule has 170 valence electrons. The zero-order chi connectivity index (χ0) is 23.3. The molecule has 1 saturated heterocycles. The molecule has 1 fully saturated rings. The Morgan fingerprint density at radius 2 is 1.71 bits per heavy atom. The van der Waals surface area contributed by atoms with Crippen LogP contribution in [0.1, 0.15) is 23.6 Å². The van der Waals surface area contributed by atoms with Crippen LogP contribution in [-0.4, -0.2) is 11.4 Å². The maximum Gasteiger partial charge on any atom is 0.260 e. The molecule has 34 heavy (non-hydrogen) atoms. The summed E-state index contributed by atoms with van der Waals surface area (Å²) in [5.41, 5.74) is 4.21. The number of carbonyl (C=O) groups excluding carboxylic acids is 1. The van der Waals surface area contributed by atoms with Gasteiger partial charge in [0.05, 0.1) is 4.91 Å². The highest BCUT2D eigenvalue weighted by atomic mass is 32.2. The standard InChI is InChI=1S/C29H26N2O2S/c1-2-20-10-14-24(15-11-20)30-29-31-28(32)27(34-29)18-21-12-16-25(17-13-21)33-19-23-8-5-7-22-6-3-4-9-26(22)23/h3-18,29-30H,2,19H2,1H3,(H,31,32)/b27-18-/t29-/m1/s1. The number of aryl methyl sites for hydroxylation is 1. The zero-order valence-corrected chi connectivity index (χ0v) is 19.8. The number of hydrogen-bond acceptors (Lipinski definition) is 4. The van der Waals surface area contributed by atoms with Gasteiger partial charge in [-0.25, -0.2) is 0 Å². The van der Waals surface area contributed by atoms with Gasteiger partial charge in [-0.05, 0) is 64.2 Å². The normalized spacial score (nSPS) is 16.6. The Hall–Kier alpha value is -3.70. The van der Waals surface area contributed by atoms with Crippen molar-refractivity contribution >= 4 is 40.2 Å². The third-order valence-electron chi connectivity index (χ3n) is 5.84. The second-order valence-corrected chi connectivity index (χ2v) is 9.32. The van der Waals surface area contributed by atoms with Gasteiger partial charge in [0, 0.05) is 5.69 Å². The smallest absolute Gasteiger partial charge is 0.260 e. The van der Waals surface area contributed by atoms with Crippen LogP contribution in [0.4, 0.5) is 5.69 Å². The van der Waals surface area contributed by atoms with Gasteiger partial charge in [0.25, 0.3) is 5.91 Å². The second-order valence-electron chi connectivity index (χ2n) is 8.17.